The van der Waals surface area contributed by atoms with Gasteiger partial charge in [-0.15, -0.1) is 6.58 Å². The summed E-state index contributed by atoms with van der Waals surface area (Å²) in [6.45, 7) is 4.87. The lowest BCUT2D eigenvalue weighted by Crippen LogP contribution is -2.04. The summed E-state index contributed by atoms with van der Waals surface area (Å²) in [5, 5.41) is 8.24. The number of rotatable bonds is 9. The van der Waals surface area contributed by atoms with Gasteiger partial charge < -0.3 is 14.6 Å². The van der Waals surface area contributed by atoms with Crippen molar-refractivity contribution in [1.82, 2.24) is 0 Å². The third-order valence-corrected chi connectivity index (χ3v) is 1.53. The van der Waals surface area contributed by atoms with Gasteiger partial charge >= 0.3 is 11.9 Å². The molecular weight excluding hydrogens is 212 g/mol. The Kier molecular flexibility index (Phi) is 8.91. The summed E-state index contributed by atoms with van der Waals surface area (Å²) < 4.78 is 9.85. The summed E-state index contributed by atoms with van der Waals surface area (Å²) in [6.07, 6.45) is 4.76. The molecule has 0 bridgehead atoms. The summed E-state index contributed by atoms with van der Waals surface area (Å²) in [6, 6.07) is 0. The van der Waals surface area contributed by atoms with Crippen molar-refractivity contribution in [3.63, 3.8) is 0 Å². The fourth-order valence-corrected chi connectivity index (χ4v) is 0.833. The SMILES string of the molecule is C=CCOCCCCOC(=O)/C=C\C(=O)O. The second-order valence-corrected chi connectivity index (χ2v) is 2.91. The van der Waals surface area contributed by atoms with Crippen LogP contribution in [0.5, 0.6) is 0 Å². The van der Waals surface area contributed by atoms with Crippen molar-refractivity contribution in [3.05, 3.63) is 24.8 Å². The van der Waals surface area contributed by atoms with Crippen LogP contribution in [0.3, 0.4) is 0 Å². The minimum absolute atomic E-state index is 0.264. The first-order valence-corrected chi connectivity index (χ1v) is 4.93. The molecule has 0 aliphatic heterocycles. The van der Waals surface area contributed by atoms with Gasteiger partial charge in [-0.25, -0.2) is 9.59 Å². The Morgan fingerprint density at radius 3 is 2.50 bits per heavy atom. The molecular formula is C11H16O5. The van der Waals surface area contributed by atoms with E-state index in [-0.39, 0.29) is 6.61 Å². The highest BCUT2D eigenvalue weighted by atomic mass is 16.5. The summed E-state index contributed by atoms with van der Waals surface area (Å²) in [7, 11) is 0. The third kappa shape index (κ3) is 10.5. The van der Waals surface area contributed by atoms with E-state index in [9.17, 15) is 9.59 Å². The van der Waals surface area contributed by atoms with E-state index < -0.39 is 11.9 Å². The van der Waals surface area contributed by atoms with E-state index in [1.807, 2.05) is 0 Å². The van der Waals surface area contributed by atoms with Crippen molar-refractivity contribution in [2.24, 2.45) is 0 Å². The average molecular weight is 228 g/mol. The molecule has 0 aliphatic rings. The Morgan fingerprint density at radius 1 is 1.19 bits per heavy atom. The number of esters is 1. The number of hydrogen-bond donors (Lipinski definition) is 1. The Labute approximate surface area is 94.4 Å². The van der Waals surface area contributed by atoms with Crippen LogP contribution in [0.25, 0.3) is 0 Å². The fourth-order valence-electron chi connectivity index (χ4n) is 0.833. The quantitative estimate of drug-likeness (QED) is 0.277. The molecule has 0 amide bonds. The minimum Gasteiger partial charge on any atom is -0.478 e. The van der Waals surface area contributed by atoms with Crippen LogP contribution >= 0.6 is 0 Å². The molecule has 16 heavy (non-hydrogen) atoms. The van der Waals surface area contributed by atoms with Crippen molar-refractivity contribution in [3.8, 4) is 0 Å². The monoisotopic (exact) mass is 228 g/mol. The van der Waals surface area contributed by atoms with Gasteiger partial charge in [-0.1, -0.05) is 6.08 Å². The largest absolute Gasteiger partial charge is 0.478 e. The first-order valence-electron chi connectivity index (χ1n) is 4.93. The molecule has 5 heteroatoms. The molecule has 0 aromatic carbocycles. The van der Waals surface area contributed by atoms with Gasteiger partial charge in [-0.2, -0.15) is 0 Å². The van der Waals surface area contributed by atoms with Gasteiger partial charge in [0, 0.05) is 18.8 Å². The molecule has 0 unspecified atom stereocenters. The minimum atomic E-state index is -1.17. The molecule has 90 valence electrons. The Hall–Kier alpha value is -1.62. The van der Waals surface area contributed by atoms with Crippen LogP contribution in [0.4, 0.5) is 0 Å². The van der Waals surface area contributed by atoms with E-state index in [0.717, 1.165) is 18.6 Å². The molecule has 0 atom stereocenters. The van der Waals surface area contributed by atoms with Crippen LogP contribution in [0.15, 0.2) is 24.8 Å². The number of carboxylic acid groups (broad SMARTS) is 1. The second-order valence-electron chi connectivity index (χ2n) is 2.91. The smallest absolute Gasteiger partial charge is 0.331 e. The normalized spacial score (nSPS) is 10.2. The van der Waals surface area contributed by atoms with Crippen LogP contribution < -0.4 is 0 Å². The summed E-state index contributed by atoms with van der Waals surface area (Å²) in [5.74, 6) is -1.82. The van der Waals surface area contributed by atoms with Gasteiger partial charge in [0.1, 0.15) is 0 Å². The van der Waals surface area contributed by atoms with Crippen molar-refractivity contribution >= 4 is 11.9 Å². The Bertz CT molecular complexity index is 257. The lowest BCUT2D eigenvalue weighted by atomic mass is 10.3. The highest BCUT2D eigenvalue weighted by molar-refractivity contribution is 5.90. The number of unbranched alkanes of at least 4 members (excludes halogenated alkanes) is 1. The molecule has 0 radical (unpaired) electrons. The summed E-state index contributed by atoms with van der Waals surface area (Å²) >= 11 is 0. The van der Waals surface area contributed by atoms with Gasteiger partial charge in [0.05, 0.1) is 13.2 Å². The zero-order chi connectivity index (χ0) is 12.2. The molecule has 1 N–H and O–H groups in total. The molecule has 0 aliphatic carbocycles. The van der Waals surface area contributed by atoms with E-state index >= 15 is 0 Å². The number of carbonyl (C=O) groups is 2. The molecule has 0 rings (SSSR count). The van der Waals surface area contributed by atoms with Crippen molar-refractivity contribution in [1.29, 1.82) is 0 Å². The number of ether oxygens (including phenoxy) is 2. The van der Waals surface area contributed by atoms with Crippen molar-refractivity contribution in [2.75, 3.05) is 19.8 Å². The molecule has 0 saturated heterocycles. The highest BCUT2D eigenvalue weighted by Crippen LogP contribution is 1.93. The Morgan fingerprint density at radius 2 is 1.88 bits per heavy atom. The second kappa shape index (κ2) is 9.92. The number of hydrogen-bond acceptors (Lipinski definition) is 4. The molecule has 0 heterocycles. The first-order chi connectivity index (χ1) is 7.66. The van der Waals surface area contributed by atoms with Crippen molar-refractivity contribution < 1.29 is 24.2 Å². The lowest BCUT2D eigenvalue weighted by molar-refractivity contribution is -0.138. The predicted molar refractivity (Wildman–Crippen MR) is 58.0 cm³/mol. The molecule has 0 spiro atoms. The highest BCUT2D eigenvalue weighted by Gasteiger charge is 1.97. The van der Waals surface area contributed by atoms with Gasteiger partial charge in [0.25, 0.3) is 0 Å². The topological polar surface area (TPSA) is 72.8 Å². The van der Waals surface area contributed by atoms with Crippen LogP contribution in [0.1, 0.15) is 12.8 Å². The third-order valence-electron chi connectivity index (χ3n) is 1.53. The van der Waals surface area contributed by atoms with Crippen LogP contribution in [-0.2, 0) is 19.1 Å². The van der Waals surface area contributed by atoms with E-state index in [2.05, 4.69) is 6.58 Å². The van der Waals surface area contributed by atoms with Gasteiger partial charge in [-0.05, 0) is 12.8 Å². The van der Waals surface area contributed by atoms with Crippen LogP contribution in [0, 0.1) is 0 Å². The molecule has 0 fully saturated rings. The molecule has 0 aromatic rings. The molecule has 0 aromatic heterocycles. The predicted octanol–water partition coefficient (Wildman–Crippen LogP) is 1.15. The van der Waals surface area contributed by atoms with Crippen molar-refractivity contribution in [2.45, 2.75) is 12.8 Å². The van der Waals surface area contributed by atoms with Gasteiger partial charge in [0.15, 0.2) is 0 Å². The standard InChI is InChI=1S/C11H16O5/c1-2-7-15-8-3-4-9-16-11(14)6-5-10(12)13/h2,5-6H,1,3-4,7-9H2,(H,12,13)/b6-5-. The maximum absolute atomic E-state index is 10.9. The zero-order valence-electron chi connectivity index (χ0n) is 9.05. The van der Waals surface area contributed by atoms with E-state index in [1.54, 1.807) is 6.08 Å². The van der Waals surface area contributed by atoms with Crippen LogP contribution in [0.2, 0.25) is 0 Å². The van der Waals surface area contributed by atoms with E-state index in [4.69, 9.17) is 14.6 Å². The maximum atomic E-state index is 10.9. The zero-order valence-corrected chi connectivity index (χ0v) is 9.05. The molecule has 0 saturated carbocycles. The average Bonchev–Trinajstić information content (AvgIpc) is 2.25. The lowest BCUT2D eigenvalue weighted by Gasteiger charge is -2.02. The molecule has 5 nitrogen and oxygen atoms in total. The summed E-state index contributed by atoms with van der Waals surface area (Å²) in [5.41, 5.74) is 0. The van der Waals surface area contributed by atoms with E-state index in [1.165, 1.54) is 0 Å². The number of carboxylic acids is 1. The maximum Gasteiger partial charge on any atom is 0.331 e. The fraction of sp³-hybridized carbons (Fsp3) is 0.455. The number of carbonyl (C=O) groups excluding carboxylic acids is 1. The van der Waals surface area contributed by atoms with Crippen LogP contribution in [-0.4, -0.2) is 36.9 Å². The van der Waals surface area contributed by atoms with E-state index in [0.29, 0.717) is 19.6 Å². The first kappa shape index (κ1) is 14.4. The number of aliphatic carboxylic acids is 1. The van der Waals surface area contributed by atoms with Gasteiger partial charge in [-0.3, -0.25) is 0 Å². The summed E-state index contributed by atoms with van der Waals surface area (Å²) in [4.78, 5) is 20.9. The van der Waals surface area contributed by atoms with Gasteiger partial charge in [0.2, 0.25) is 0 Å². The Balaban J connectivity index is 3.34.